The first-order valence-corrected chi connectivity index (χ1v) is 7.14. The summed E-state index contributed by atoms with van der Waals surface area (Å²) in [5.74, 6) is -0.387. The molecule has 1 amide bonds. The molecule has 0 bridgehead atoms. The van der Waals surface area contributed by atoms with Crippen molar-refractivity contribution < 1.29 is 22.7 Å². The fourth-order valence-corrected chi connectivity index (χ4v) is 2.70. The lowest BCUT2D eigenvalue weighted by Crippen LogP contribution is -2.44. The van der Waals surface area contributed by atoms with Crippen molar-refractivity contribution in [1.29, 1.82) is 0 Å². The van der Waals surface area contributed by atoms with E-state index in [2.05, 4.69) is 0 Å². The van der Waals surface area contributed by atoms with Gasteiger partial charge in [-0.1, -0.05) is 0 Å². The lowest BCUT2D eigenvalue weighted by molar-refractivity contribution is -0.138. The molecule has 0 saturated carbocycles. The maximum Gasteiger partial charge on any atom is 0.417 e. The number of hydrogen-bond acceptors (Lipinski definition) is 2. The molecule has 110 valence electrons. The van der Waals surface area contributed by atoms with E-state index in [1.54, 1.807) is 22.6 Å². The van der Waals surface area contributed by atoms with Crippen LogP contribution in [0.2, 0.25) is 0 Å². The van der Waals surface area contributed by atoms with Gasteiger partial charge in [0.1, 0.15) is 0 Å². The molecule has 1 aromatic rings. The second kappa shape index (κ2) is 5.88. The zero-order valence-corrected chi connectivity index (χ0v) is 12.9. The molecule has 0 radical (unpaired) electrons. The summed E-state index contributed by atoms with van der Waals surface area (Å²) in [5.41, 5.74) is -0.711. The lowest BCUT2D eigenvalue weighted by Gasteiger charge is -2.31. The first-order chi connectivity index (χ1) is 9.29. The molecular formula is C13H13F3INO2. The molecular weight excluding hydrogens is 386 g/mol. The Kier molecular flexibility index (Phi) is 4.58. The molecule has 1 aliphatic heterocycles. The molecule has 3 nitrogen and oxygen atoms in total. The van der Waals surface area contributed by atoms with Crippen molar-refractivity contribution in [2.45, 2.75) is 19.2 Å². The minimum Gasteiger partial charge on any atom is -0.375 e. The Bertz CT molecular complexity index is 519. The largest absolute Gasteiger partial charge is 0.417 e. The maximum atomic E-state index is 12.8. The predicted molar refractivity (Wildman–Crippen MR) is 75.5 cm³/mol. The molecule has 1 saturated heterocycles. The molecule has 0 spiro atoms. The topological polar surface area (TPSA) is 29.5 Å². The van der Waals surface area contributed by atoms with Crippen LogP contribution in [0, 0.1) is 3.57 Å². The molecule has 0 N–H and O–H groups in total. The fourth-order valence-electron chi connectivity index (χ4n) is 2.06. The number of carbonyl (C=O) groups is 1. The van der Waals surface area contributed by atoms with Crippen LogP contribution >= 0.6 is 22.6 Å². The van der Waals surface area contributed by atoms with E-state index in [0.717, 1.165) is 6.07 Å². The van der Waals surface area contributed by atoms with E-state index in [9.17, 15) is 18.0 Å². The molecule has 0 unspecified atom stereocenters. The van der Waals surface area contributed by atoms with Crippen LogP contribution in [0.1, 0.15) is 22.8 Å². The Morgan fingerprint density at radius 1 is 1.45 bits per heavy atom. The van der Waals surface area contributed by atoms with Crippen molar-refractivity contribution in [3.05, 3.63) is 32.9 Å². The summed E-state index contributed by atoms with van der Waals surface area (Å²) in [6.07, 6.45) is -4.55. The summed E-state index contributed by atoms with van der Waals surface area (Å²) < 4.78 is 43.9. The van der Waals surface area contributed by atoms with Gasteiger partial charge in [0.15, 0.2) is 0 Å². The highest BCUT2D eigenvalue weighted by molar-refractivity contribution is 14.1. The average Bonchev–Trinajstić information content (AvgIpc) is 2.37. The quantitative estimate of drug-likeness (QED) is 0.680. The number of carbonyl (C=O) groups excluding carboxylic acids is 1. The molecule has 0 aliphatic carbocycles. The number of ether oxygens (including phenoxy) is 1. The summed E-state index contributed by atoms with van der Waals surface area (Å²) in [7, 11) is 0. The van der Waals surface area contributed by atoms with Crippen molar-refractivity contribution in [1.82, 2.24) is 4.90 Å². The molecule has 2 rings (SSSR count). The summed E-state index contributed by atoms with van der Waals surface area (Å²) in [5, 5.41) is 0. The highest BCUT2D eigenvalue weighted by Gasteiger charge is 2.34. The molecule has 1 fully saturated rings. The zero-order valence-electron chi connectivity index (χ0n) is 10.7. The van der Waals surface area contributed by atoms with Crippen LogP contribution in [0.4, 0.5) is 13.2 Å². The van der Waals surface area contributed by atoms with Crippen molar-refractivity contribution in [2.75, 3.05) is 19.7 Å². The molecule has 1 aromatic carbocycles. The van der Waals surface area contributed by atoms with Gasteiger partial charge in [-0.05, 0) is 47.7 Å². The Balaban J connectivity index is 2.26. The number of halogens is 4. The molecule has 1 aliphatic rings. The maximum absolute atomic E-state index is 12.8. The van der Waals surface area contributed by atoms with Gasteiger partial charge in [-0.2, -0.15) is 13.2 Å². The van der Waals surface area contributed by atoms with E-state index in [-0.39, 0.29) is 21.1 Å². The minimum absolute atomic E-state index is 0.0619. The number of benzene rings is 1. The van der Waals surface area contributed by atoms with Crippen LogP contribution in [-0.4, -0.2) is 36.6 Å². The van der Waals surface area contributed by atoms with Gasteiger partial charge >= 0.3 is 6.18 Å². The number of rotatable bonds is 1. The SMILES string of the molecule is C[C@H]1CN(C(=O)c2ccc(I)c(C(F)(F)F)c2)CCO1. The Hall–Kier alpha value is -0.830. The van der Waals surface area contributed by atoms with Gasteiger partial charge in [-0.15, -0.1) is 0 Å². The van der Waals surface area contributed by atoms with Crippen LogP contribution in [0.3, 0.4) is 0 Å². The standard InChI is InChI=1S/C13H13F3INO2/c1-8-7-18(4-5-20-8)12(19)9-2-3-11(17)10(6-9)13(14,15)16/h2-3,6,8H,4-5,7H2,1H3/t8-/m0/s1. The third-order valence-corrected chi connectivity index (χ3v) is 3.99. The van der Waals surface area contributed by atoms with Crippen LogP contribution < -0.4 is 0 Å². The van der Waals surface area contributed by atoms with Crippen LogP contribution in [0.25, 0.3) is 0 Å². The predicted octanol–water partition coefficient (Wildman–Crippen LogP) is 3.17. The highest BCUT2D eigenvalue weighted by atomic mass is 127. The monoisotopic (exact) mass is 399 g/mol. The Morgan fingerprint density at radius 2 is 2.15 bits per heavy atom. The molecule has 0 aromatic heterocycles. The van der Waals surface area contributed by atoms with Gasteiger partial charge in [0.25, 0.3) is 5.91 Å². The van der Waals surface area contributed by atoms with Gasteiger partial charge in [0.05, 0.1) is 18.3 Å². The van der Waals surface area contributed by atoms with E-state index in [1.165, 1.54) is 17.0 Å². The fraction of sp³-hybridized carbons (Fsp3) is 0.462. The van der Waals surface area contributed by atoms with Gasteiger partial charge in [-0.3, -0.25) is 4.79 Å². The first-order valence-electron chi connectivity index (χ1n) is 6.06. The van der Waals surface area contributed by atoms with E-state index >= 15 is 0 Å². The van der Waals surface area contributed by atoms with Crippen molar-refractivity contribution in [3.63, 3.8) is 0 Å². The smallest absolute Gasteiger partial charge is 0.375 e. The second-order valence-corrected chi connectivity index (χ2v) is 5.79. The van der Waals surface area contributed by atoms with Crippen molar-refractivity contribution in [3.8, 4) is 0 Å². The lowest BCUT2D eigenvalue weighted by atomic mass is 10.1. The number of morpholine rings is 1. The summed E-state index contributed by atoms with van der Waals surface area (Å²) in [4.78, 5) is 13.8. The molecule has 20 heavy (non-hydrogen) atoms. The van der Waals surface area contributed by atoms with Crippen LogP contribution in [0.5, 0.6) is 0 Å². The van der Waals surface area contributed by atoms with Crippen molar-refractivity contribution in [2.24, 2.45) is 0 Å². The van der Waals surface area contributed by atoms with Gasteiger partial charge in [0, 0.05) is 22.2 Å². The summed E-state index contributed by atoms with van der Waals surface area (Å²) in [6, 6.07) is 3.67. The highest BCUT2D eigenvalue weighted by Crippen LogP contribution is 2.33. The van der Waals surface area contributed by atoms with E-state index in [1.807, 2.05) is 6.92 Å². The van der Waals surface area contributed by atoms with Crippen LogP contribution in [-0.2, 0) is 10.9 Å². The van der Waals surface area contributed by atoms with Crippen LogP contribution in [0.15, 0.2) is 18.2 Å². The summed E-state index contributed by atoms with van der Waals surface area (Å²) in [6.45, 7) is 3.03. The normalized spacial score (nSPS) is 20.1. The number of nitrogens with zero attached hydrogens (tertiary/aromatic N) is 1. The molecule has 7 heteroatoms. The number of hydrogen-bond donors (Lipinski definition) is 0. The molecule has 1 atom stereocenters. The number of amides is 1. The summed E-state index contributed by atoms with van der Waals surface area (Å²) >= 11 is 1.62. The third kappa shape index (κ3) is 3.43. The van der Waals surface area contributed by atoms with Gasteiger partial charge in [-0.25, -0.2) is 0 Å². The van der Waals surface area contributed by atoms with E-state index < -0.39 is 11.7 Å². The van der Waals surface area contributed by atoms with Crippen molar-refractivity contribution >= 4 is 28.5 Å². The van der Waals surface area contributed by atoms with E-state index in [0.29, 0.717) is 19.7 Å². The van der Waals surface area contributed by atoms with Gasteiger partial charge in [0.2, 0.25) is 0 Å². The Morgan fingerprint density at radius 3 is 2.75 bits per heavy atom. The first kappa shape index (κ1) is 15.6. The second-order valence-electron chi connectivity index (χ2n) is 4.62. The zero-order chi connectivity index (χ0) is 14.9. The minimum atomic E-state index is -4.45. The third-order valence-electron chi connectivity index (χ3n) is 3.05. The number of alkyl halides is 3. The van der Waals surface area contributed by atoms with E-state index in [4.69, 9.17) is 4.74 Å². The molecule has 1 heterocycles. The average molecular weight is 399 g/mol. The van der Waals surface area contributed by atoms with Gasteiger partial charge < -0.3 is 9.64 Å². The Labute approximate surface area is 128 Å².